The first kappa shape index (κ1) is 14.2. The first-order valence-corrected chi connectivity index (χ1v) is 6.49. The Labute approximate surface area is 116 Å². The van der Waals surface area contributed by atoms with Crippen LogP contribution in [0, 0.1) is 5.92 Å². The molecule has 7 nitrogen and oxygen atoms in total. The van der Waals surface area contributed by atoms with Crippen LogP contribution < -0.4 is 4.90 Å². The van der Waals surface area contributed by atoms with Gasteiger partial charge in [0.25, 0.3) is 0 Å². The zero-order valence-electron chi connectivity index (χ0n) is 11.3. The summed E-state index contributed by atoms with van der Waals surface area (Å²) in [7, 11) is 1.30. The minimum Gasteiger partial charge on any atom is -0.481 e. The molecule has 1 aromatic rings. The zero-order chi connectivity index (χ0) is 14.5. The number of ether oxygens (including phenoxy) is 1. The highest BCUT2D eigenvalue weighted by Crippen LogP contribution is 2.23. The van der Waals surface area contributed by atoms with Crippen LogP contribution in [0.5, 0.6) is 0 Å². The number of anilines is 1. The quantitative estimate of drug-likeness (QED) is 0.820. The smallest absolute Gasteiger partial charge is 0.358 e. The molecule has 2 heterocycles. The molecule has 0 aromatic carbocycles. The number of carboxylic acids is 1. The number of aromatic nitrogens is 2. The van der Waals surface area contributed by atoms with E-state index in [1.807, 2.05) is 4.90 Å². The second kappa shape index (κ2) is 6.31. The van der Waals surface area contributed by atoms with Crippen LogP contribution in [-0.2, 0) is 9.53 Å². The molecule has 108 valence electrons. The summed E-state index contributed by atoms with van der Waals surface area (Å²) in [5.41, 5.74) is 0.178. The molecule has 0 unspecified atom stereocenters. The second-order valence-corrected chi connectivity index (χ2v) is 4.80. The number of methoxy groups -OCH3 is 1. The summed E-state index contributed by atoms with van der Waals surface area (Å²) in [5, 5.41) is 16.6. The Balaban J connectivity index is 1.93. The molecule has 0 saturated carbocycles. The molecule has 1 fully saturated rings. The maximum absolute atomic E-state index is 11.3. The molecule has 2 rings (SSSR count). The van der Waals surface area contributed by atoms with Gasteiger partial charge in [0.1, 0.15) is 0 Å². The topological polar surface area (TPSA) is 92.6 Å². The molecule has 7 heteroatoms. The fraction of sp³-hybridized carbons (Fsp3) is 0.538. The first-order valence-electron chi connectivity index (χ1n) is 6.49. The van der Waals surface area contributed by atoms with E-state index in [2.05, 4.69) is 14.9 Å². The number of carbonyl (C=O) groups is 2. The molecule has 1 aliphatic rings. The maximum atomic E-state index is 11.3. The molecule has 20 heavy (non-hydrogen) atoms. The van der Waals surface area contributed by atoms with Gasteiger partial charge in [-0.3, -0.25) is 4.79 Å². The monoisotopic (exact) mass is 279 g/mol. The molecule has 1 saturated heterocycles. The van der Waals surface area contributed by atoms with Crippen molar-refractivity contribution in [1.82, 2.24) is 10.2 Å². The number of rotatable bonds is 4. The molecule has 0 spiro atoms. The van der Waals surface area contributed by atoms with Crippen molar-refractivity contribution in [2.45, 2.75) is 19.3 Å². The molecule has 1 aromatic heterocycles. The highest BCUT2D eigenvalue weighted by Gasteiger charge is 2.22. The van der Waals surface area contributed by atoms with E-state index in [1.165, 1.54) is 7.11 Å². The molecular formula is C13H17N3O4. The minimum absolute atomic E-state index is 0.178. The number of carbonyl (C=O) groups excluding carboxylic acids is 1. The average molecular weight is 279 g/mol. The van der Waals surface area contributed by atoms with E-state index < -0.39 is 11.9 Å². The Morgan fingerprint density at radius 2 is 2.05 bits per heavy atom. The first-order chi connectivity index (χ1) is 9.60. The summed E-state index contributed by atoms with van der Waals surface area (Å²) in [4.78, 5) is 24.0. The predicted molar refractivity (Wildman–Crippen MR) is 70.6 cm³/mol. The van der Waals surface area contributed by atoms with Gasteiger partial charge >= 0.3 is 11.9 Å². The van der Waals surface area contributed by atoms with Crippen LogP contribution in [0.25, 0.3) is 0 Å². The van der Waals surface area contributed by atoms with Crippen molar-refractivity contribution in [3.63, 3.8) is 0 Å². The van der Waals surface area contributed by atoms with Crippen LogP contribution in [0.3, 0.4) is 0 Å². The van der Waals surface area contributed by atoms with E-state index in [0.717, 1.165) is 25.9 Å². The van der Waals surface area contributed by atoms with Crippen molar-refractivity contribution in [1.29, 1.82) is 0 Å². The largest absolute Gasteiger partial charge is 0.481 e. The molecule has 0 bridgehead atoms. The van der Waals surface area contributed by atoms with Gasteiger partial charge in [0, 0.05) is 19.5 Å². The lowest BCUT2D eigenvalue weighted by atomic mass is 9.94. The van der Waals surface area contributed by atoms with Crippen LogP contribution in [0.2, 0.25) is 0 Å². The van der Waals surface area contributed by atoms with E-state index in [9.17, 15) is 9.59 Å². The van der Waals surface area contributed by atoms with E-state index in [1.54, 1.807) is 12.1 Å². The highest BCUT2D eigenvalue weighted by molar-refractivity contribution is 5.86. The number of hydrogen-bond acceptors (Lipinski definition) is 6. The number of piperidine rings is 1. The van der Waals surface area contributed by atoms with Crippen molar-refractivity contribution in [3.05, 3.63) is 17.8 Å². The van der Waals surface area contributed by atoms with Crippen LogP contribution in [-0.4, -0.2) is 47.4 Å². The van der Waals surface area contributed by atoms with Crippen LogP contribution in [0.15, 0.2) is 12.1 Å². The van der Waals surface area contributed by atoms with Crippen molar-refractivity contribution in [2.75, 3.05) is 25.1 Å². The number of aliphatic carboxylic acids is 1. The fourth-order valence-electron chi connectivity index (χ4n) is 2.32. The van der Waals surface area contributed by atoms with Crippen molar-refractivity contribution >= 4 is 17.8 Å². The van der Waals surface area contributed by atoms with Gasteiger partial charge in [0.05, 0.1) is 7.11 Å². The summed E-state index contributed by atoms with van der Waals surface area (Å²) in [6, 6.07) is 3.31. The highest BCUT2D eigenvalue weighted by atomic mass is 16.5. The van der Waals surface area contributed by atoms with E-state index in [4.69, 9.17) is 5.11 Å². The van der Waals surface area contributed by atoms with Gasteiger partial charge in [-0.1, -0.05) is 0 Å². The van der Waals surface area contributed by atoms with E-state index in [0.29, 0.717) is 5.82 Å². The Morgan fingerprint density at radius 3 is 2.55 bits per heavy atom. The summed E-state index contributed by atoms with van der Waals surface area (Å²) < 4.78 is 4.56. The van der Waals surface area contributed by atoms with E-state index >= 15 is 0 Å². The molecule has 0 atom stereocenters. The number of nitrogens with zero attached hydrogens (tertiary/aromatic N) is 3. The van der Waals surface area contributed by atoms with Gasteiger partial charge in [-0.15, -0.1) is 10.2 Å². The third-order valence-corrected chi connectivity index (χ3v) is 3.45. The Hall–Kier alpha value is -2.18. The van der Waals surface area contributed by atoms with Crippen LogP contribution in [0.1, 0.15) is 29.8 Å². The fourth-order valence-corrected chi connectivity index (χ4v) is 2.32. The molecule has 0 amide bonds. The number of esters is 1. The van der Waals surface area contributed by atoms with Crippen LogP contribution >= 0.6 is 0 Å². The Morgan fingerprint density at radius 1 is 1.35 bits per heavy atom. The summed E-state index contributed by atoms with van der Waals surface area (Å²) in [6.07, 6.45) is 1.88. The number of carboxylic acid groups (broad SMARTS) is 1. The zero-order valence-corrected chi connectivity index (χ0v) is 11.3. The van der Waals surface area contributed by atoms with Gasteiger partial charge in [0.15, 0.2) is 11.5 Å². The Bertz CT molecular complexity index is 481. The van der Waals surface area contributed by atoms with Crippen molar-refractivity contribution in [2.24, 2.45) is 5.92 Å². The third kappa shape index (κ3) is 3.43. The van der Waals surface area contributed by atoms with Gasteiger partial charge in [-0.25, -0.2) is 4.79 Å². The maximum Gasteiger partial charge on any atom is 0.358 e. The lowest BCUT2D eigenvalue weighted by Crippen LogP contribution is -2.35. The van der Waals surface area contributed by atoms with Gasteiger partial charge in [-0.05, 0) is 30.9 Å². The van der Waals surface area contributed by atoms with E-state index in [-0.39, 0.29) is 18.0 Å². The van der Waals surface area contributed by atoms with Crippen LogP contribution in [0.4, 0.5) is 5.82 Å². The SMILES string of the molecule is COC(=O)c1ccc(N2CCC(CC(=O)O)CC2)nn1. The normalized spacial score (nSPS) is 15.9. The molecule has 1 N–H and O–H groups in total. The third-order valence-electron chi connectivity index (χ3n) is 3.45. The second-order valence-electron chi connectivity index (χ2n) is 4.80. The Kier molecular flexibility index (Phi) is 4.49. The molecule has 0 aliphatic carbocycles. The summed E-state index contributed by atoms with van der Waals surface area (Å²) in [5.74, 6) is -0.327. The minimum atomic E-state index is -0.745. The molecule has 0 radical (unpaired) electrons. The molecule has 1 aliphatic heterocycles. The summed E-state index contributed by atoms with van der Waals surface area (Å²) >= 11 is 0. The van der Waals surface area contributed by atoms with Gasteiger partial charge in [0.2, 0.25) is 0 Å². The van der Waals surface area contributed by atoms with Crippen molar-refractivity contribution < 1.29 is 19.4 Å². The van der Waals surface area contributed by atoms with Crippen molar-refractivity contribution in [3.8, 4) is 0 Å². The lowest BCUT2D eigenvalue weighted by Gasteiger charge is -2.31. The summed E-state index contributed by atoms with van der Waals surface area (Å²) in [6.45, 7) is 1.51. The van der Waals surface area contributed by atoms with Gasteiger partial charge in [-0.2, -0.15) is 0 Å². The average Bonchev–Trinajstić information content (AvgIpc) is 2.47. The standard InChI is InChI=1S/C13H17N3O4/c1-20-13(19)10-2-3-11(15-14-10)16-6-4-9(5-7-16)8-12(17)18/h2-3,9H,4-8H2,1H3,(H,17,18). The predicted octanol–water partition coefficient (Wildman–Crippen LogP) is 0.954. The number of hydrogen-bond donors (Lipinski definition) is 1. The van der Waals surface area contributed by atoms with Gasteiger partial charge < -0.3 is 14.7 Å². The lowest BCUT2D eigenvalue weighted by molar-refractivity contribution is -0.138. The molecular weight excluding hydrogens is 262 g/mol.